The summed E-state index contributed by atoms with van der Waals surface area (Å²) >= 11 is 0. The summed E-state index contributed by atoms with van der Waals surface area (Å²) in [6.07, 6.45) is 2.45. The van der Waals surface area contributed by atoms with E-state index < -0.39 is 34.7 Å². The average Bonchev–Trinajstić information content (AvgIpc) is 2.87. The predicted octanol–water partition coefficient (Wildman–Crippen LogP) is 4.75. The first-order valence-corrected chi connectivity index (χ1v) is 11.7. The summed E-state index contributed by atoms with van der Waals surface area (Å²) in [6.45, 7) is 5.30. The van der Waals surface area contributed by atoms with E-state index in [4.69, 9.17) is 10.00 Å². The van der Waals surface area contributed by atoms with Gasteiger partial charge in [-0.25, -0.2) is 13.8 Å². The molecule has 2 aromatic carbocycles. The number of nitrogens with zero attached hydrogens (tertiary/aromatic N) is 3. The van der Waals surface area contributed by atoms with E-state index in [1.54, 1.807) is 6.07 Å². The number of rotatable bonds is 11. The highest BCUT2D eigenvalue weighted by Crippen LogP contribution is 2.35. The molecule has 204 valence electrons. The van der Waals surface area contributed by atoms with E-state index in [1.165, 1.54) is 65.5 Å². The lowest BCUT2D eigenvalue weighted by Crippen LogP contribution is -2.22. The van der Waals surface area contributed by atoms with E-state index in [1.807, 2.05) is 0 Å². The molecule has 7 nitrogen and oxygen atoms in total. The van der Waals surface area contributed by atoms with Crippen LogP contribution in [0, 0.1) is 29.9 Å². The maximum atomic E-state index is 14.4. The molecule has 0 radical (unpaired) electrons. The molecule has 0 aromatic heterocycles. The lowest BCUT2D eigenvalue weighted by Gasteiger charge is -2.18. The van der Waals surface area contributed by atoms with E-state index >= 15 is 0 Å². The third kappa shape index (κ3) is 8.62. The quantitative estimate of drug-likeness (QED) is 0.0626. The minimum atomic E-state index is -3.72. The van der Waals surface area contributed by atoms with Gasteiger partial charge in [0, 0.05) is 37.8 Å². The summed E-state index contributed by atoms with van der Waals surface area (Å²) < 4.78 is 61.2. The highest BCUT2D eigenvalue weighted by Gasteiger charge is 2.33. The Kier molecular flexibility index (Phi) is 10.7. The van der Waals surface area contributed by atoms with Gasteiger partial charge in [-0.1, -0.05) is 28.0 Å². The number of carbonyl (C=O) groups is 2. The van der Waals surface area contributed by atoms with E-state index in [-0.39, 0.29) is 35.3 Å². The van der Waals surface area contributed by atoms with Crippen molar-refractivity contribution in [2.24, 2.45) is 4.99 Å². The van der Waals surface area contributed by atoms with Crippen LogP contribution in [0.25, 0.3) is 5.57 Å². The number of likely N-dealkylation sites (N-methyl/N-ethyl adjacent to an activating group) is 2. The molecule has 0 spiro atoms. The molecule has 1 N–H and O–H groups in total. The Morgan fingerprint density at radius 2 is 1.90 bits per heavy atom. The fourth-order valence-corrected chi connectivity index (χ4v) is 3.46. The number of nitriles is 1. The number of aldehydes is 1. The van der Waals surface area contributed by atoms with E-state index in [0.717, 1.165) is 18.5 Å². The Morgan fingerprint density at radius 3 is 2.44 bits per heavy atom. The van der Waals surface area contributed by atoms with Gasteiger partial charge in [0.15, 0.2) is 17.7 Å². The second-order valence-electron chi connectivity index (χ2n) is 8.21. The molecule has 0 heterocycles. The van der Waals surface area contributed by atoms with Crippen LogP contribution in [0.1, 0.15) is 16.7 Å². The average molecular weight is 560 g/mol. The first-order valence-electron chi connectivity index (χ1n) is 11.2. The van der Waals surface area contributed by atoms with Gasteiger partial charge in [-0.05, 0) is 42.3 Å². The number of hydrogen-bond acceptors (Lipinski definition) is 5. The zero-order valence-corrected chi connectivity index (χ0v) is 22.4. The number of hydrogen-bond donors (Lipinski definition) is 1. The summed E-state index contributed by atoms with van der Waals surface area (Å²) in [4.78, 5) is 29.1. The van der Waals surface area contributed by atoms with Gasteiger partial charge in [0.1, 0.15) is 17.4 Å². The number of nitrogens with one attached hydrogen (secondary N) is 1. The van der Waals surface area contributed by atoms with Crippen molar-refractivity contribution in [3.8, 4) is 11.8 Å². The van der Waals surface area contributed by atoms with Crippen LogP contribution in [0.4, 0.5) is 17.6 Å². The number of aliphatic imine (C=N–C) groups is 1. The Bertz CT molecular complexity index is 1390. The summed E-state index contributed by atoms with van der Waals surface area (Å²) in [5, 5.41) is 11.6. The van der Waals surface area contributed by atoms with Crippen LogP contribution in [0.3, 0.4) is 0 Å². The van der Waals surface area contributed by atoms with Crippen LogP contribution in [0.5, 0.6) is 5.75 Å². The minimum absolute atomic E-state index is 0.00103. The van der Waals surface area contributed by atoms with Crippen LogP contribution in [0.2, 0.25) is 0 Å². The van der Waals surface area contributed by atoms with Crippen LogP contribution >= 0.6 is 9.24 Å². The highest BCUT2D eigenvalue weighted by atomic mass is 31.0. The molecule has 0 saturated carbocycles. The van der Waals surface area contributed by atoms with E-state index in [2.05, 4.69) is 16.9 Å². The monoisotopic (exact) mass is 560 g/mol. The summed E-state index contributed by atoms with van der Waals surface area (Å²) in [6, 6.07) is 8.80. The van der Waals surface area contributed by atoms with Crippen molar-refractivity contribution in [2.75, 3.05) is 20.6 Å². The van der Waals surface area contributed by atoms with Crippen LogP contribution < -0.4 is 10.1 Å². The molecule has 0 aliphatic heterocycles. The van der Waals surface area contributed by atoms with Crippen molar-refractivity contribution < 1.29 is 31.9 Å². The lowest BCUT2D eigenvalue weighted by molar-refractivity contribution is -0.115. The molecular weight excluding hydrogens is 535 g/mol. The lowest BCUT2D eigenvalue weighted by atomic mass is 10.0. The molecule has 0 bridgehead atoms. The van der Waals surface area contributed by atoms with E-state index in [9.17, 15) is 27.2 Å². The molecule has 1 unspecified atom stereocenters. The minimum Gasteiger partial charge on any atom is -0.451 e. The first-order chi connectivity index (χ1) is 18.3. The van der Waals surface area contributed by atoms with Gasteiger partial charge in [0.2, 0.25) is 0 Å². The van der Waals surface area contributed by atoms with Crippen molar-refractivity contribution in [1.82, 2.24) is 10.2 Å². The number of allylic oxidation sites excluding steroid dienone is 2. The topological polar surface area (TPSA) is 94.8 Å². The third-order valence-electron chi connectivity index (χ3n) is 5.13. The highest BCUT2D eigenvalue weighted by molar-refractivity contribution is 7.18. The second kappa shape index (κ2) is 13.5. The zero-order valence-electron chi connectivity index (χ0n) is 21.3. The number of carbonyl (C=O) groups excluding carboxylic acids is 2. The first kappa shape index (κ1) is 30.9. The fourth-order valence-electron chi connectivity index (χ4n) is 3.25. The third-order valence-corrected chi connectivity index (χ3v) is 5.41. The maximum absolute atomic E-state index is 14.4. The SMILES string of the molecule is C=C(/C=C(\C(=O)NC)c1ccc(F)cc1)CN(C)C=N/C(=C(\C=O)Oc1cc(F)cc(C#N)c1C)C(F)(F)P. The Balaban J connectivity index is 2.35. The van der Waals surface area contributed by atoms with Crippen molar-refractivity contribution in [3.63, 3.8) is 0 Å². The number of ether oxygens (including phenoxy) is 1. The molecule has 0 aliphatic rings. The molecule has 2 aromatic rings. The molecule has 0 aliphatic carbocycles. The molecule has 1 atom stereocenters. The summed E-state index contributed by atoms with van der Waals surface area (Å²) in [5.74, 6) is -2.98. The molecule has 1 amide bonds. The van der Waals surface area contributed by atoms with Crippen LogP contribution in [-0.4, -0.2) is 49.7 Å². The van der Waals surface area contributed by atoms with Gasteiger partial charge in [0.05, 0.1) is 18.0 Å². The Labute approximate surface area is 225 Å². The number of benzene rings is 2. The zero-order chi connectivity index (χ0) is 29.3. The molecule has 2 rings (SSSR count). The Hall–Kier alpha value is -4.29. The van der Waals surface area contributed by atoms with Crippen molar-refractivity contribution in [1.29, 1.82) is 5.26 Å². The summed E-state index contributed by atoms with van der Waals surface area (Å²) in [7, 11) is 4.15. The smallest absolute Gasteiger partial charge is 0.304 e. The number of alkyl halides is 2. The fraction of sp³-hybridized carbons (Fsp3) is 0.185. The Morgan fingerprint density at radius 1 is 1.26 bits per heavy atom. The van der Waals surface area contributed by atoms with E-state index in [0.29, 0.717) is 11.1 Å². The molecule has 39 heavy (non-hydrogen) atoms. The van der Waals surface area contributed by atoms with Gasteiger partial charge in [-0.15, -0.1) is 0 Å². The molecule has 0 fully saturated rings. The van der Waals surface area contributed by atoms with Crippen molar-refractivity contribution >= 4 is 33.3 Å². The number of halogens is 4. The van der Waals surface area contributed by atoms with Gasteiger partial charge in [-0.2, -0.15) is 14.0 Å². The van der Waals surface area contributed by atoms with Gasteiger partial charge in [0.25, 0.3) is 5.91 Å². The predicted molar refractivity (Wildman–Crippen MR) is 143 cm³/mol. The van der Waals surface area contributed by atoms with Gasteiger partial charge in [-0.3, -0.25) is 9.59 Å². The maximum Gasteiger partial charge on any atom is 0.304 e. The van der Waals surface area contributed by atoms with Crippen molar-refractivity contribution in [3.05, 3.63) is 94.4 Å². The summed E-state index contributed by atoms with van der Waals surface area (Å²) in [5.41, 5.74) is -3.75. The second-order valence-corrected chi connectivity index (χ2v) is 8.93. The molecule has 12 heteroatoms. The van der Waals surface area contributed by atoms with Crippen LogP contribution in [0.15, 0.2) is 71.1 Å². The molecular formula is C27H25F4N4O3P. The normalized spacial score (nSPS) is 12.4. The van der Waals surface area contributed by atoms with Gasteiger partial charge >= 0.3 is 5.66 Å². The van der Waals surface area contributed by atoms with Crippen molar-refractivity contribution in [2.45, 2.75) is 12.6 Å². The van der Waals surface area contributed by atoms with Gasteiger partial charge < -0.3 is 15.0 Å². The molecule has 0 saturated heterocycles. The number of amides is 1. The standard InChI is InChI=1S/C27H25F4N4O3P/c1-16(9-22(26(37)33-3)18-5-7-20(28)8-6-18)13-35(4)15-34-25(27(30,31)39)24(14-36)38-23-11-21(29)10-19(12-32)17(23)2/h5-11,14-15H,1,13,39H2,2-4H3,(H,33,37)/b22-9-,25-24+,34-15?. The van der Waals surface area contributed by atoms with Crippen LogP contribution in [-0.2, 0) is 9.59 Å². The largest absolute Gasteiger partial charge is 0.451 e.